The summed E-state index contributed by atoms with van der Waals surface area (Å²) in [4.78, 5) is 5.97. The van der Waals surface area contributed by atoms with Gasteiger partial charge in [-0.2, -0.15) is 17.9 Å². The Balaban J connectivity index is 1.80. The number of tetrazole rings is 1. The van der Waals surface area contributed by atoms with E-state index in [2.05, 4.69) is 25.4 Å². The van der Waals surface area contributed by atoms with Crippen molar-refractivity contribution < 1.29 is 17.9 Å². The van der Waals surface area contributed by atoms with Gasteiger partial charge in [0, 0.05) is 18.8 Å². The van der Waals surface area contributed by atoms with E-state index in [1.54, 1.807) is 0 Å². The predicted octanol–water partition coefficient (Wildman–Crippen LogP) is 1.30. The fraction of sp³-hybridized carbons (Fsp3) is 0.538. The third-order valence-corrected chi connectivity index (χ3v) is 3.68. The second-order valence-electron chi connectivity index (χ2n) is 5.30. The molecular weight excluding hydrogens is 313 g/mol. The van der Waals surface area contributed by atoms with E-state index < -0.39 is 11.7 Å². The third kappa shape index (κ3) is 3.48. The van der Waals surface area contributed by atoms with Gasteiger partial charge in [0.15, 0.2) is 11.6 Å². The second kappa shape index (κ2) is 6.20. The zero-order chi connectivity index (χ0) is 16.4. The van der Waals surface area contributed by atoms with E-state index in [9.17, 15) is 13.2 Å². The van der Waals surface area contributed by atoms with Crippen LogP contribution in [0.2, 0.25) is 0 Å². The first-order valence-electron chi connectivity index (χ1n) is 7.08. The third-order valence-electron chi connectivity index (χ3n) is 3.68. The lowest BCUT2D eigenvalue weighted by Crippen LogP contribution is -2.43. The number of morpholine rings is 1. The molecule has 0 saturated carbocycles. The smallest absolute Gasteiger partial charge is 0.379 e. The number of nitrogens with zero attached hydrogens (tertiary/aromatic N) is 6. The molecule has 1 aliphatic heterocycles. The van der Waals surface area contributed by atoms with Gasteiger partial charge in [-0.1, -0.05) is 0 Å². The lowest BCUT2D eigenvalue weighted by Gasteiger charge is -2.32. The van der Waals surface area contributed by atoms with E-state index in [1.165, 1.54) is 10.7 Å². The van der Waals surface area contributed by atoms with Crippen molar-refractivity contribution in [2.45, 2.75) is 25.7 Å². The molecule has 3 heterocycles. The van der Waals surface area contributed by atoms with Crippen LogP contribution in [0.3, 0.4) is 0 Å². The molecule has 0 bridgehead atoms. The standard InChI is InChI=1S/C13H15F3N6O/c1-9-8-23-5-4-21(9)7-12-18-19-20-22(12)11-3-2-10(6-17-11)13(14,15)16/h2-3,6,9H,4-5,7-8H2,1H3/t9-/m1/s1. The number of aromatic nitrogens is 5. The molecule has 124 valence electrons. The maximum atomic E-state index is 12.6. The van der Waals surface area contributed by atoms with E-state index in [0.29, 0.717) is 25.6 Å². The molecule has 0 aliphatic carbocycles. The van der Waals surface area contributed by atoms with Crippen molar-refractivity contribution in [1.82, 2.24) is 30.1 Å². The molecule has 1 fully saturated rings. The van der Waals surface area contributed by atoms with Crippen molar-refractivity contribution in [3.8, 4) is 5.82 Å². The fourth-order valence-electron chi connectivity index (χ4n) is 2.34. The molecule has 0 radical (unpaired) electrons. The minimum absolute atomic E-state index is 0.217. The number of hydrogen-bond acceptors (Lipinski definition) is 6. The topological polar surface area (TPSA) is 69.0 Å². The lowest BCUT2D eigenvalue weighted by atomic mass is 10.2. The van der Waals surface area contributed by atoms with Crippen LogP contribution in [0.5, 0.6) is 0 Å². The molecule has 0 amide bonds. The van der Waals surface area contributed by atoms with Gasteiger partial charge < -0.3 is 4.74 Å². The monoisotopic (exact) mass is 328 g/mol. The highest BCUT2D eigenvalue weighted by Gasteiger charge is 2.31. The predicted molar refractivity (Wildman–Crippen MR) is 72.6 cm³/mol. The minimum Gasteiger partial charge on any atom is -0.379 e. The van der Waals surface area contributed by atoms with Gasteiger partial charge in [-0.05, 0) is 29.5 Å². The second-order valence-corrected chi connectivity index (χ2v) is 5.30. The van der Waals surface area contributed by atoms with Gasteiger partial charge in [0.2, 0.25) is 0 Å². The van der Waals surface area contributed by atoms with Gasteiger partial charge in [-0.25, -0.2) is 4.98 Å². The summed E-state index contributed by atoms with van der Waals surface area (Å²) in [6.45, 7) is 4.50. The summed E-state index contributed by atoms with van der Waals surface area (Å²) in [5, 5.41) is 11.4. The van der Waals surface area contributed by atoms with Crippen LogP contribution in [0.15, 0.2) is 18.3 Å². The minimum atomic E-state index is -4.42. The number of halogens is 3. The van der Waals surface area contributed by atoms with Crippen LogP contribution in [0.25, 0.3) is 5.82 Å². The lowest BCUT2D eigenvalue weighted by molar-refractivity contribution is -0.137. The zero-order valence-corrected chi connectivity index (χ0v) is 12.4. The SMILES string of the molecule is C[C@@H]1COCCN1Cc1nnnn1-c1ccc(C(F)(F)F)cn1. The van der Waals surface area contributed by atoms with Crippen molar-refractivity contribution in [3.05, 3.63) is 29.7 Å². The Bertz CT molecular complexity index is 656. The maximum absolute atomic E-state index is 12.6. The van der Waals surface area contributed by atoms with Crippen LogP contribution in [0, 0.1) is 0 Å². The number of ether oxygens (including phenoxy) is 1. The summed E-state index contributed by atoms with van der Waals surface area (Å²) >= 11 is 0. The average molecular weight is 328 g/mol. The van der Waals surface area contributed by atoms with Crippen molar-refractivity contribution in [3.63, 3.8) is 0 Å². The van der Waals surface area contributed by atoms with Crippen LogP contribution in [-0.4, -0.2) is 55.9 Å². The quantitative estimate of drug-likeness (QED) is 0.846. The molecule has 7 nitrogen and oxygen atoms in total. The van der Waals surface area contributed by atoms with Crippen molar-refractivity contribution in [1.29, 1.82) is 0 Å². The van der Waals surface area contributed by atoms with E-state index in [-0.39, 0.29) is 11.9 Å². The Hall–Kier alpha value is -2.07. The maximum Gasteiger partial charge on any atom is 0.417 e. The average Bonchev–Trinajstić information content (AvgIpc) is 2.97. The van der Waals surface area contributed by atoms with Crippen LogP contribution in [0.1, 0.15) is 18.3 Å². The van der Waals surface area contributed by atoms with Gasteiger partial charge in [0.1, 0.15) is 0 Å². The first kappa shape index (κ1) is 15.8. The number of pyridine rings is 1. The Labute approximate surface area is 130 Å². The first-order chi connectivity index (χ1) is 10.9. The van der Waals surface area contributed by atoms with Gasteiger partial charge in [-0.3, -0.25) is 4.90 Å². The molecule has 1 atom stereocenters. The van der Waals surface area contributed by atoms with E-state index >= 15 is 0 Å². The molecule has 23 heavy (non-hydrogen) atoms. The molecule has 0 unspecified atom stereocenters. The Kier molecular flexibility index (Phi) is 4.26. The first-order valence-corrected chi connectivity index (χ1v) is 7.08. The molecule has 2 aromatic heterocycles. The Morgan fingerprint density at radius 1 is 1.35 bits per heavy atom. The Morgan fingerprint density at radius 2 is 2.17 bits per heavy atom. The van der Waals surface area contributed by atoms with Crippen LogP contribution in [0.4, 0.5) is 13.2 Å². The summed E-state index contributed by atoms with van der Waals surface area (Å²) < 4.78 is 44.5. The van der Waals surface area contributed by atoms with E-state index in [1.807, 2.05) is 6.92 Å². The number of hydrogen-bond donors (Lipinski definition) is 0. The molecule has 0 aromatic carbocycles. The largest absolute Gasteiger partial charge is 0.417 e. The highest BCUT2D eigenvalue weighted by atomic mass is 19.4. The van der Waals surface area contributed by atoms with Crippen LogP contribution in [-0.2, 0) is 17.5 Å². The van der Waals surface area contributed by atoms with Crippen molar-refractivity contribution >= 4 is 0 Å². The highest BCUT2D eigenvalue weighted by molar-refractivity contribution is 5.26. The molecule has 2 aromatic rings. The summed E-state index contributed by atoms with van der Waals surface area (Å²) in [5.74, 6) is 0.768. The summed E-state index contributed by atoms with van der Waals surface area (Å²) in [5.41, 5.74) is -0.808. The molecule has 10 heteroatoms. The van der Waals surface area contributed by atoms with Gasteiger partial charge >= 0.3 is 6.18 Å². The van der Waals surface area contributed by atoms with Gasteiger partial charge in [0.25, 0.3) is 0 Å². The fourth-order valence-corrected chi connectivity index (χ4v) is 2.34. The summed E-state index contributed by atoms with van der Waals surface area (Å²) in [6, 6.07) is 2.44. The number of alkyl halides is 3. The zero-order valence-electron chi connectivity index (χ0n) is 12.4. The van der Waals surface area contributed by atoms with Crippen molar-refractivity contribution in [2.24, 2.45) is 0 Å². The van der Waals surface area contributed by atoms with Gasteiger partial charge in [-0.15, -0.1) is 5.10 Å². The van der Waals surface area contributed by atoms with Crippen LogP contribution >= 0.6 is 0 Å². The van der Waals surface area contributed by atoms with E-state index in [4.69, 9.17) is 4.74 Å². The van der Waals surface area contributed by atoms with Crippen molar-refractivity contribution in [2.75, 3.05) is 19.8 Å². The molecule has 1 aliphatic rings. The molecule has 3 rings (SSSR count). The number of rotatable bonds is 3. The molecule has 1 saturated heterocycles. The molecule has 0 N–H and O–H groups in total. The Morgan fingerprint density at radius 3 is 2.83 bits per heavy atom. The molecule has 0 spiro atoms. The van der Waals surface area contributed by atoms with Gasteiger partial charge in [0.05, 0.1) is 25.3 Å². The van der Waals surface area contributed by atoms with E-state index in [0.717, 1.165) is 18.8 Å². The van der Waals surface area contributed by atoms with Crippen LogP contribution < -0.4 is 0 Å². The summed E-state index contributed by atoms with van der Waals surface area (Å²) in [6.07, 6.45) is -3.64. The summed E-state index contributed by atoms with van der Waals surface area (Å²) in [7, 11) is 0. The molecular formula is C13H15F3N6O. The highest BCUT2D eigenvalue weighted by Crippen LogP contribution is 2.28. The normalized spacial score (nSPS) is 19.9.